The fraction of sp³-hybridized carbons (Fsp3) is 0.318. The van der Waals surface area contributed by atoms with Crippen LogP contribution in [0.3, 0.4) is 0 Å². The van der Waals surface area contributed by atoms with Crippen molar-refractivity contribution in [2.45, 2.75) is 37.1 Å². The van der Waals surface area contributed by atoms with Gasteiger partial charge >= 0.3 is 6.61 Å². The van der Waals surface area contributed by atoms with Crippen LogP contribution in [0, 0.1) is 0 Å². The monoisotopic (exact) mass is 445 g/mol. The van der Waals surface area contributed by atoms with Crippen molar-refractivity contribution in [2.24, 2.45) is 0 Å². The first-order chi connectivity index (χ1) is 15.0. The Labute approximate surface area is 181 Å². The summed E-state index contributed by atoms with van der Waals surface area (Å²) in [5, 5.41) is 3.99. The van der Waals surface area contributed by atoms with Crippen LogP contribution in [0.25, 0.3) is 10.9 Å². The van der Waals surface area contributed by atoms with Gasteiger partial charge in [-0.3, -0.25) is 14.2 Å². The van der Waals surface area contributed by atoms with Gasteiger partial charge in [-0.1, -0.05) is 36.0 Å². The van der Waals surface area contributed by atoms with E-state index in [0.717, 1.165) is 18.4 Å². The van der Waals surface area contributed by atoms with E-state index in [1.165, 1.54) is 23.9 Å². The normalized spacial score (nSPS) is 13.5. The van der Waals surface area contributed by atoms with Crippen molar-refractivity contribution in [3.63, 3.8) is 0 Å². The molecule has 162 valence electrons. The molecule has 9 heteroatoms. The van der Waals surface area contributed by atoms with Crippen LogP contribution in [0.5, 0.6) is 5.75 Å². The maximum atomic E-state index is 12.8. The van der Waals surface area contributed by atoms with Crippen molar-refractivity contribution in [1.82, 2.24) is 14.9 Å². The van der Waals surface area contributed by atoms with E-state index in [9.17, 15) is 18.4 Å². The Morgan fingerprint density at radius 3 is 2.65 bits per heavy atom. The first-order valence-corrected chi connectivity index (χ1v) is 10.9. The third-order valence-electron chi connectivity index (χ3n) is 4.90. The molecule has 1 heterocycles. The number of thioether (sulfide) groups is 1. The van der Waals surface area contributed by atoms with E-state index in [-0.39, 0.29) is 29.0 Å². The van der Waals surface area contributed by atoms with Gasteiger partial charge in [0.15, 0.2) is 5.16 Å². The van der Waals surface area contributed by atoms with Gasteiger partial charge in [0.1, 0.15) is 5.75 Å². The predicted octanol–water partition coefficient (Wildman–Crippen LogP) is 3.78. The fourth-order valence-corrected chi connectivity index (χ4v) is 4.14. The van der Waals surface area contributed by atoms with Crippen LogP contribution in [0.1, 0.15) is 24.4 Å². The Morgan fingerprint density at radius 2 is 1.94 bits per heavy atom. The fourth-order valence-electron chi connectivity index (χ4n) is 3.25. The lowest BCUT2D eigenvalue weighted by molar-refractivity contribution is -0.118. The van der Waals surface area contributed by atoms with Crippen LogP contribution in [0.2, 0.25) is 0 Å². The molecule has 3 aromatic rings. The van der Waals surface area contributed by atoms with Gasteiger partial charge in [-0.2, -0.15) is 8.78 Å². The van der Waals surface area contributed by atoms with E-state index >= 15 is 0 Å². The van der Waals surface area contributed by atoms with E-state index in [1.807, 2.05) is 12.1 Å². The van der Waals surface area contributed by atoms with Crippen molar-refractivity contribution in [3.05, 3.63) is 64.4 Å². The lowest BCUT2D eigenvalue weighted by Crippen LogP contribution is -2.28. The summed E-state index contributed by atoms with van der Waals surface area (Å²) in [6, 6.07) is 13.7. The molecule has 4 rings (SSSR count). The summed E-state index contributed by atoms with van der Waals surface area (Å²) in [7, 11) is 0. The third kappa shape index (κ3) is 5.41. The van der Waals surface area contributed by atoms with E-state index in [1.54, 1.807) is 28.8 Å². The molecule has 0 saturated heterocycles. The average Bonchev–Trinajstić information content (AvgIpc) is 3.58. The first-order valence-electron chi connectivity index (χ1n) is 9.96. The second-order valence-corrected chi connectivity index (χ2v) is 8.17. The highest BCUT2D eigenvalue weighted by Crippen LogP contribution is 2.36. The standard InChI is InChI=1S/C22H21F2N3O3S/c23-21(24)30-16-9-5-14(6-10-16)11-12-25-19(28)13-31-22-26-18-4-2-1-3-17(18)20(29)27(22)15-7-8-15/h1-6,9-10,15,21H,7-8,11-13H2,(H,25,28). The summed E-state index contributed by atoms with van der Waals surface area (Å²) in [6.07, 6.45) is 2.45. The van der Waals surface area contributed by atoms with E-state index in [2.05, 4.69) is 15.0 Å². The van der Waals surface area contributed by atoms with Crippen LogP contribution in [0.15, 0.2) is 58.5 Å². The molecular formula is C22H21F2N3O3S. The van der Waals surface area contributed by atoms with Gasteiger partial charge in [0.05, 0.1) is 16.7 Å². The zero-order valence-corrected chi connectivity index (χ0v) is 17.4. The van der Waals surface area contributed by atoms with Gasteiger partial charge in [-0.05, 0) is 49.1 Å². The highest BCUT2D eigenvalue weighted by atomic mass is 32.2. The van der Waals surface area contributed by atoms with Crippen molar-refractivity contribution < 1.29 is 18.3 Å². The van der Waals surface area contributed by atoms with Crippen LogP contribution in [0.4, 0.5) is 8.78 Å². The number of fused-ring (bicyclic) bond motifs is 1. The molecule has 1 aliphatic carbocycles. The Morgan fingerprint density at radius 1 is 1.19 bits per heavy atom. The van der Waals surface area contributed by atoms with Crippen molar-refractivity contribution >= 4 is 28.6 Å². The number of amides is 1. The minimum atomic E-state index is -2.85. The lowest BCUT2D eigenvalue weighted by atomic mass is 10.1. The number of halogens is 2. The number of carbonyl (C=O) groups excluding carboxylic acids is 1. The highest BCUT2D eigenvalue weighted by molar-refractivity contribution is 7.99. The number of ether oxygens (including phenoxy) is 1. The molecule has 0 radical (unpaired) electrons. The molecule has 31 heavy (non-hydrogen) atoms. The molecule has 6 nitrogen and oxygen atoms in total. The van der Waals surface area contributed by atoms with E-state index < -0.39 is 6.61 Å². The molecular weight excluding hydrogens is 424 g/mol. The van der Waals surface area contributed by atoms with Crippen LogP contribution >= 0.6 is 11.8 Å². The van der Waals surface area contributed by atoms with E-state index in [0.29, 0.717) is 29.0 Å². The number of hydrogen-bond acceptors (Lipinski definition) is 5. The molecule has 1 fully saturated rings. The van der Waals surface area contributed by atoms with Gasteiger partial charge in [0.2, 0.25) is 5.91 Å². The van der Waals surface area contributed by atoms with Gasteiger partial charge in [-0.15, -0.1) is 0 Å². The second-order valence-electron chi connectivity index (χ2n) is 7.23. The molecule has 0 spiro atoms. The molecule has 2 aromatic carbocycles. The molecule has 0 aliphatic heterocycles. The quantitative estimate of drug-likeness (QED) is 0.401. The number of para-hydroxylation sites is 1. The van der Waals surface area contributed by atoms with Gasteiger partial charge < -0.3 is 10.1 Å². The third-order valence-corrected chi connectivity index (χ3v) is 5.86. The largest absolute Gasteiger partial charge is 0.435 e. The number of rotatable bonds is 9. The summed E-state index contributed by atoms with van der Waals surface area (Å²) in [5.41, 5.74) is 1.47. The molecule has 0 atom stereocenters. The van der Waals surface area contributed by atoms with Crippen LogP contribution in [-0.4, -0.2) is 34.4 Å². The van der Waals surface area contributed by atoms with Crippen molar-refractivity contribution in [1.29, 1.82) is 0 Å². The van der Waals surface area contributed by atoms with Gasteiger partial charge in [0.25, 0.3) is 5.56 Å². The molecule has 1 amide bonds. The number of nitrogens with one attached hydrogen (secondary N) is 1. The summed E-state index contributed by atoms with van der Waals surface area (Å²) < 4.78 is 30.4. The zero-order chi connectivity index (χ0) is 21.8. The number of hydrogen-bond donors (Lipinski definition) is 1. The number of benzene rings is 2. The van der Waals surface area contributed by atoms with E-state index in [4.69, 9.17) is 0 Å². The van der Waals surface area contributed by atoms with Crippen LogP contribution < -0.4 is 15.6 Å². The summed E-state index contributed by atoms with van der Waals surface area (Å²) in [6.45, 7) is -2.44. The predicted molar refractivity (Wildman–Crippen MR) is 115 cm³/mol. The summed E-state index contributed by atoms with van der Waals surface area (Å²) >= 11 is 1.26. The molecule has 1 saturated carbocycles. The Hall–Kier alpha value is -2.94. The molecule has 0 unspecified atom stereocenters. The second kappa shape index (κ2) is 9.47. The summed E-state index contributed by atoms with van der Waals surface area (Å²) in [4.78, 5) is 29.7. The van der Waals surface area contributed by atoms with Crippen LogP contribution in [-0.2, 0) is 11.2 Å². The minimum Gasteiger partial charge on any atom is -0.435 e. The average molecular weight is 445 g/mol. The molecule has 1 aromatic heterocycles. The topological polar surface area (TPSA) is 73.2 Å². The van der Waals surface area contributed by atoms with Crippen molar-refractivity contribution in [3.8, 4) is 5.75 Å². The minimum absolute atomic E-state index is 0.0599. The zero-order valence-electron chi connectivity index (χ0n) is 16.6. The number of carbonyl (C=O) groups is 1. The number of aromatic nitrogens is 2. The Balaban J connectivity index is 1.32. The maximum Gasteiger partial charge on any atom is 0.387 e. The smallest absolute Gasteiger partial charge is 0.387 e. The van der Waals surface area contributed by atoms with Gasteiger partial charge in [0, 0.05) is 12.6 Å². The summed E-state index contributed by atoms with van der Waals surface area (Å²) in [5.74, 6) is 0.0924. The molecule has 1 aliphatic rings. The number of alkyl halides is 2. The SMILES string of the molecule is O=C(CSc1nc2ccccc2c(=O)n1C1CC1)NCCc1ccc(OC(F)F)cc1. The molecule has 0 bridgehead atoms. The highest BCUT2D eigenvalue weighted by Gasteiger charge is 2.28. The number of nitrogens with zero attached hydrogens (tertiary/aromatic N) is 2. The maximum absolute atomic E-state index is 12.8. The Bertz CT molecular complexity index is 1130. The van der Waals surface area contributed by atoms with Crippen molar-refractivity contribution in [2.75, 3.05) is 12.3 Å². The Kier molecular flexibility index (Phi) is 6.50. The lowest BCUT2D eigenvalue weighted by Gasteiger charge is -2.12. The molecule has 1 N–H and O–H groups in total. The van der Waals surface area contributed by atoms with Gasteiger partial charge in [-0.25, -0.2) is 4.98 Å². The first kappa shape index (κ1) is 21.3.